The first-order valence-electron chi connectivity index (χ1n) is 8.48. The van der Waals surface area contributed by atoms with E-state index in [1.54, 1.807) is 12.1 Å². The van der Waals surface area contributed by atoms with Gasteiger partial charge in [0, 0.05) is 31.1 Å². The van der Waals surface area contributed by atoms with Crippen LogP contribution in [0.2, 0.25) is 0 Å². The Bertz CT molecular complexity index is 620. The molecule has 1 amide bonds. The van der Waals surface area contributed by atoms with E-state index in [-0.39, 0.29) is 29.7 Å². The van der Waals surface area contributed by atoms with Crippen molar-refractivity contribution in [1.82, 2.24) is 15.8 Å². The highest BCUT2D eigenvalue weighted by Crippen LogP contribution is 2.24. The van der Waals surface area contributed by atoms with E-state index >= 15 is 0 Å². The number of nitrogens with zero attached hydrogens (tertiary/aromatic N) is 1. The average Bonchev–Trinajstić information content (AvgIpc) is 2.93. The maximum absolute atomic E-state index is 13.0. The van der Waals surface area contributed by atoms with Crippen LogP contribution in [0.4, 0.5) is 4.39 Å². The van der Waals surface area contributed by atoms with Crippen LogP contribution in [0.1, 0.15) is 25.8 Å². The molecule has 24 heavy (non-hydrogen) atoms. The SMILES string of the molecule is CC1NNC(C)C1C(N)C(=O)N1CC=C(c2ccc(F)cc2)CC1. The molecule has 2 heterocycles. The quantitative estimate of drug-likeness (QED) is 0.780. The summed E-state index contributed by atoms with van der Waals surface area (Å²) in [5, 5.41) is 0. The summed E-state index contributed by atoms with van der Waals surface area (Å²) in [4.78, 5) is 14.5. The molecule has 1 saturated heterocycles. The summed E-state index contributed by atoms with van der Waals surface area (Å²) in [7, 11) is 0. The van der Waals surface area contributed by atoms with Crippen molar-refractivity contribution < 1.29 is 9.18 Å². The second kappa shape index (κ2) is 7.01. The smallest absolute Gasteiger partial charge is 0.240 e. The maximum Gasteiger partial charge on any atom is 0.240 e. The molecule has 130 valence electrons. The van der Waals surface area contributed by atoms with Gasteiger partial charge < -0.3 is 10.6 Å². The van der Waals surface area contributed by atoms with Crippen LogP contribution in [0.5, 0.6) is 0 Å². The predicted octanol–water partition coefficient (Wildman–Crippen LogP) is 1.27. The Kier molecular flexibility index (Phi) is 4.99. The minimum Gasteiger partial charge on any atom is -0.337 e. The number of hydrogen-bond donors (Lipinski definition) is 3. The molecule has 1 aromatic carbocycles. The molecular weight excluding hydrogens is 307 g/mol. The lowest BCUT2D eigenvalue weighted by Gasteiger charge is -2.32. The third-order valence-electron chi connectivity index (χ3n) is 5.13. The third-order valence-corrected chi connectivity index (χ3v) is 5.13. The number of benzene rings is 1. The molecule has 3 unspecified atom stereocenters. The van der Waals surface area contributed by atoms with Crippen molar-refractivity contribution in [3.8, 4) is 0 Å². The monoisotopic (exact) mass is 332 g/mol. The zero-order valence-corrected chi connectivity index (χ0v) is 14.1. The van der Waals surface area contributed by atoms with E-state index in [1.165, 1.54) is 12.1 Å². The van der Waals surface area contributed by atoms with Crippen LogP contribution in [0.25, 0.3) is 5.57 Å². The fourth-order valence-corrected chi connectivity index (χ4v) is 3.68. The third kappa shape index (κ3) is 3.36. The van der Waals surface area contributed by atoms with Gasteiger partial charge in [0.1, 0.15) is 5.82 Å². The van der Waals surface area contributed by atoms with Crippen LogP contribution in [0.3, 0.4) is 0 Å². The minimum atomic E-state index is -0.515. The fourth-order valence-electron chi connectivity index (χ4n) is 3.68. The second-order valence-electron chi connectivity index (χ2n) is 6.74. The molecule has 3 rings (SSSR count). The van der Waals surface area contributed by atoms with Gasteiger partial charge in [-0.2, -0.15) is 0 Å². The van der Waals surface area contributed by atoms with E-state index in [1.807, 2.05) is 24.8 Å². The fraction of sp³-hybridized carbons (Fsp3) is 0.500. The van der Waals surface area contributed by atoms with Crippen molar-refractivity contribution in [3.63, 3.8) is 0 Å². The number of carbonyl (C=O) groups excluding carboxylic acids is 1. The molecule has 2 aliphatic heterocycles. The number of amides is 1. The molecular formula is C18H25FN4O. The van der Waals surface area contributed by atoms with Crippen LogP contribution in [-0.4, -0.2) is 42.0 Å². The van der Waals surface area contributed by atoms with Crippen LogP contribution in [0, 0.1) is 11.7 Å². The van der Waals surface area contributed by atoms with E-state index in [9.17, 15) is 9.18 Å². The highest BCUT2D eigenvalue weighted by molar-refractivity contribution is 5.83. The lowest BCUT2D eigenvalue weighted by atomic mass is 9.88. The standard InChI is InChI=1S/C18H25FN4O/c1-11-16(12(2)22-21-11)17(20)18(24)23-9-7-14(8-10-23)13-3-5-15(19)6-4-13/h3-7,11-12,16-17,21-22H,8-10,20H2,1-2H3. The number of rotatable bonds is 3. The molecule has 0 saturated carbocycles. The number of halogens is 1. The molecule has 1 fully saturated rings. The Morgan fingerprint density at radius 1 is 1.25 bits per heavy atom. The zero-order valence-electron chi connectivity index (χ0n) is 14.1. The van der Waals surface area contributed by atoms with E-state index in [0.717, 1.165) is 17.6 Å². The highest BCUT2D eigenvalue weighted by Gasteiger charge is 2.39. The van der Waals surface area contributed by atoms with Crippen LogP contribution < -0.4 is 16.6 Å². The molecule has 3 atom stereocenters. The van der Waals surface area contributed by atoms with E-state index in [2.05, 4.69) is 10.9 Å². The van der Waals surface area contributed by atoms with Gasteiger partial charge in [0.25, 0.3) is 0 Å². The summed E-state index contributed by atoms with van der Waals surface area (Å²) in [5.41, 5.74) is 14.7. The molecule has 0 spiro atoms. The van der Waals surface area contributed by atoms with Crippen LogP contribution in [0.15, 0.2) is 30.3 Å². The van der Waals surface area contributed by atoms with Gasteiger partial charge in [0.2, 0.25) is 5.91 Å². The Morgan fingerprint density at radius 2 is 1.88 bits per heavy atom. The summed E-state index contributed by atoms with van der Waals surface area (Å²) < 4.78 is 13.0. The first kappa shape index (κ1) is 17.1. The van der Waals surface area contributed by atoms with Crippen molar-refractivity contribution in [2.45, 2.75) is 38.4 Å². The first-order chi connectivity index (χ1) is 11.5. The molecule has 5 nitrogen and oxygen atoms in total. The first-order valence-corrected chi connectivity index (χ1v) is 8.48. The average molecular weight is 332 g/mol. The summed E-state index contributed by atoms with van der Waals surface area (Å²) in [6.45, 7) is 5.27. The molecule has 4 N–H and O–H groups in total. The van der Waals surface area contributed by atoms with Gasteiger partial charge >= 0.3 is 0 Å². The van der Waals surface area contributed by atoms with Crippen LogP contribution in [-0.2, 0) is 4.79 Å². The Morgan fingerprint density at radius 3 is 2.42 bits per heavy atom. The van der Waals surface area contributed by atoms with E-state index < -0.39 is 6.04 Å². The molecule has 1 aromatic rings. The van der Waals surface area contributed by atoms with Gasteiger partial charge in [-0.15, -0.1) is 0 Å². The maximum atomic E-state index is 13.0. The van der Waals surface area contributed by atoms with E-state index in [0.29, 0.717) is 13.1 Å². The highest BCUT2D eigenvalue weighted by atomic mass is 19.1. The van der Waals surface area contributed by atoms with Crippen molar-refractivity contribution >= 4 is 11.5 Å². The second-order valence-corrected chi connectivity index (χ2v) is 6.74. The Hall–Kier alpha value is -1.76. The molecule has 0 bridgehead atoms. The van der Waals surface area contributed by atoms with Gasteiger partial charge in [-0.05, 0) is 43.5 Å². The normalized spacial score (nSPS) is 28.6. The predicted molar refractivity (Wildman–Crippen MR) is 92.2 cm³/mol. The molecule has 0 radical (unpaired) electrons. The largest absolute Gasteiger partial charge is 0.337 e. The number of hydrazine groups is 1. The molecule has 2 aliphatic rings. The summed E-state index contributed by atoms with van der Waals surface area (Å²) in [6.07, 6.45) is 2.80. The zero-order chi connectivity index (χ0) is 17.3. The van der Waals surface area contributed by atoms with Gasteiger partial charge in [-0.3, -0.25) is 15.6 Å². The number of carbonyl (C=O) groups is 1. The van der Waals surface area contributed by atoms with Crippen molar-refractivity contribution in [2.24, 2.45) is 11.7 Å². The topological polar surface area (TPSA) is 70.4 Å². The minimum absolute atomic E-state index is 0.00129. The summed E-state index contributed by atoms with van der Waals surface area (Å²) in [6, 6.07) is 6.30. The lowest BCUT2D eigenvalue weighted by molar-refractivity contribution is -0.133. The van der Waals surface area contributed by atoms with Gasteiger partial charge in [-0.1, -0.05) is 18.2 Å². The van der Waals surface area contributed by atoms with Gasteiger partial charge in [0.05, 0.1) is 6.04 Å². The molecule has 6 heteroatoms. The Labute approximate surface area is 142 Å². The van der Waals surface area contributed by atoms with Crippen molar-refractivity contribution in [1.29, 1.82) is 0 Å². The van der Waals surface area contributed by atoms with Crippen LogP contribution >= 0.6 is 0 Å². The Balaban J connectivity index is 1.65. The molecule has 0 aliphatic carbocycles. The summed E-state index contributed by atoms with van der Waals surface area (Å²) in [5.74, 6) is -0.168. The van der Waals surface area contributed by atoms with Gasteiger partial charge in [0.15, 0.2) is 0 Å². The number of hydrogen-bond acceptors (Lipinski definition) is 4. The molecule has 0 aromatic heterocycles. The number of nitrogens with one attached hydrogen (secondary N) is 2. The van der Waals surface area contributed by atoms with Crippen molar-refractivity contribution in [3.05, 3.63) is 41.7 Å². The summed E-state index contributed by atoms with van der Waals surface area (Å²) >= 11 is 0. The van der Waals surface area contributed by atoms with E-state index in [4.69, 9.17) is 5.73 Å². The lowest BCUT2D eigenvalue weighted by Crippen LogP contribution is -2.53. The number of nitrogens with two attached hydrogens (primary N) is 1. The van der Waals surface area contributed by atoms with Crippen molar-refractivity contribution in [2.75, 3.05) is 13.1 Å². The van der Waals surface area contributed by atoms with Gasteiger partial charge in [-0.25, -0.2) is 4.39 Å².